The quantitative estimate of drug-likeness (QED) is 0.421. The first-order valence-corrected chi connectivity index (χ1v) is 8.50. The molecule has 8 heteroatoms. The van der Waals surface area contributed by atoms with Crippen molar-refractivity contribution in [1.82, 2.24) is 29.4 Å². The number of fused-ring (bicyclic) bond motifs is 3. The highest BCUT2D eigenvalue weighted by Crippen LogP contribution is 2.30. The van der Waals surface area contributed by atoms with Crippen LogP contribution in [0.25, 0.3) is 27.9 Å². The summed E-state index contributed by atoms with van der Waals surface area (Å²) >= 11 is 8.07. The third kappa shape index (κ3) is 2.36. The van der Waals surface area contributed by atoms with E-state index < -0.39 is 0 Å². The number of benzene rings is 1. The number of nitrogens with zero attached hydrogens (tertiary/aromatic N) is 6. The van der Waals surface area contributed by atoms with Gasteiger partial charge in [-0.25, -0.2) is 9.97 Å². The topological polar surface area (TPSA) is 60.9 Å². The lowest BCUT2D eigenvalue weighted by Gasteiger charge is -2.05. The number of rotatable bonds is 3. The standard InChI is InChI=1S/C15H13ClN6S/c1-3-23-11-6-4-5-10-12(11)18-15(16)22-14(10)19-13(20-22)9-7-17-21(2)8-9/h4-8H,3H2,1-2H3. The van der Waals surface area contributed by atoms with Gasteiger partial charge in [0.15, 0.2) is 11.5 Å². The fourth-order valence-corrected chi connectivity index (χ4v) is 3.48. The van der Waals surface area contributed by atoms with Gasteiger partial charge in [0, 0.05) is 23.5 Å². The molecule has 0 bridgehead atoms. The van der Waals surface area contributed by atoms with Gasteiger partial charge in [-0.1, -0.05) is 13.0 Å². The molecule has 0 N–H and O–H groups in total. The molecule has 4 rings (SSSR count). The van der Waals surface area contributed by atoms with Crippen LogP contribution in [0.5, 0.6) is 0 Å². The predicted molar refractivity (Wildman–Crippen MR) is 91.9 cm³/mol. The Morgan fingerprint density at radius 3 is 2.87 bits per heavy atom. The smallest absolute Gasteiger partial charge is 0.226 e. The molecule has 0 fully saturated rings. The van der Waals surface area contributed by atoms with Gasteiger partial charge in [0.05, 0.1) is 17.3 Å². The van der Waals surface area contributed by atoms with Crippen molar-refractivity contribution in [2.24, 2.45) is 7.05 Å². The molecule has 3 heterocycles. The Kier molecular flexibility index (Phi) is 3.46. The van der Waals surface area contributed by atoms with Crippen molar-refractivity contribution in [3.63, 3.8) is 0 Å². The van der Waals surface area contributed by atoms with Crippen LogP contribution in [0.15, 0.2) is 35.5 Å². The summed E-state index contributed by atoms with van der Waals surface area (Å²) in [6.07, 6.45) is 3.60. The molecule has 4 aromatic rings. The summed E-state index contributed by atoms with van der Waals surface area (Å²) in [5.74, 6) is 1.56. The van der Waals surface area contributed by atoms with Crippen molar-refractivity contribution in [2.45, 2.75) is 11.8 Å². The second-order valence-corrected chi connectivity index (χ2v) is 6.68. The van der Waals surface area contributed by atoms with Gasteiger partial charge in [-0.15, -0.1) is 16.9 Å². The van der Waals surface area contributed by atoms with Gasteiger partial charge in [-0.05, 0) is 29.5 Å². The summed E-state index contributed by atoms with van der Waals surface area (Å²) in [6.45, 7) is 2.11. The summed E-state index contributed by atoms with van der Waals surface area (Å²) in [7, 11) is 1.86. The number of aryl methyl sites for hydroxylation is 1. The zero-order valence-corrected chi connectivity index (χ0v) is 14.1. The van der Waals surface area contributed by atoms with E-state index in [0.717, 1.165) is 27.1 Å². The Morgan fingerprint density at radius 1 is 1.26 bits per heavy atom. The molecule has 1 aromatic carbocycles. The average Bonchev–Trinajstić information content (AvgIpc) is 3.15. The monoisotopic (exact) mass is 344 g/mol. The number of para-hydroxylation sites is 1. The molecular formula is C15H13ClN6S. The molecule has 0 saturated heterocycles. The van der Waals surface area contributed by atoms with Crippen LogP contribution >= 0.6 is 23.4 Å². The minimum Gasteiger partial charge on any atom is -0.275 e. The van der Waals surface area contributed by atoms with Gasteiger partial charge in [-0.3, -0.25) is 4.68 Å². The van der Waals surface area contributed by atoms with Crippen molar-refractivity contribution in [2.75, 3.05) is 5.75 Å². The van der Waals surface area contributed by atoms with Crippen LogP contribution in [0.4, 0.5) is 0 Å². The maximum Gasteiger partial charge on any atom is 0.226 e. The molecule has 0 unspecified atom stereocenters. The molecule has 0 aliphatic rings. The Hall–Kier alpha value is -2.12. The zero-order chi connectivity index (χ0) is 16.0. The van der Waals surface area contributed by atoms with Crippen LogP contribution in [-0.4, -0.2) is 35.1 Å². The lowest BCUT2D eigenvalue weighted by molar-refractivity contribution is 0.768. The molecule has 0 aliphatic heterocycles. The SMILES string of the molecule is CCSc1cccc2c1nc(Cl)n1nc(-c3cnn(C)c3)nc21. The van der Waals surface area contributed by atoms with E-state index in [9.17, 15) is 0 Å². The van der Waals surface area contributed by atoms with E-state index in [1.54, 1.807) is 27.2 Å². The Balaban J connectivity index is 2.01. The summed E-state index contributed by atoms with van der Waals surface area (Å²) in [5, 5.41) is 9.88. The second-order valence-electron chi connectivity index (χ2n) is 5.04. The van der Waals surface area contributed by atoms with E-state index in [1.807, 2.05) is 25.4 Å². The summed E-state index contributed by atoms with van der Waals surface area (Å²) in [6, 6.07) is 6.05. The van der Waals surface area contributed by atoms with Gasteiger partial charge in [0.1, 0.15) is 0 Å². The minimum atomic E-state index is 0.305. The highest BCUT2D eigenvalue weighted by molar-refractivity contribution is 7.99. The number of thioether (sulfide) groups is 1. The van der Waals surface area contributed by atoms with Crippen LogP contribution in [0.1, 0.15) is 6.92 Å². The highest BCUT2D eigenvalue weighted by Gasteiger charge is 2.16. The maximum atomic E-state index is 6.33. The molecule has 116 valence electrons. The molecule has 0 spiro atoms. The van der Waals surface area contributed by atoms with Crippen molar-refractivity contribution in [1.29, 1.82) is 0 Å². The molecular weight excluding hydrogens is 332 g/mol. The molecule has 0 atom stereocenters. The number of hydrogen-bond donors (Lipinski definition) is 0. The fourth-order valence-electron chi connectivity index (χ4n) is 2.50. The summed E-state index contributed by atoms with van der Waals surface area (Å²) < 4.78 is 3.29. The Labute approximate surface area is 141 Å². The third-order valence-corrected chi connectivity index (χ3v) is 4.66. The molecule has 0 radical (unpaired) electrons. The van der Waals surface area contributed by atoms with E-state index in [2.05, 4.69) is 33.2 Å². The van der Waals surface area contributed by atoms with Crippen molar-refractivity contribution < 1.29 is 0 Å². The van der Waals surface area contributed by atoms with Crippen molar-refractivity contribution >= 4 is 39.9 Å². The molecule has 0 saturated carbocycles. The molecule has 3 aromatic heterocycles. The summed E-state index contributed by atoms with van der Waals surface area (Å²) in [5.41, 5.74) is 2.42. The lowest BCUT2D eigenvalue weighted by Crippen LogP contribution is -1.96. The number of aromatic nitrogens is 6. The molecule has 0 aliphatic carbocycles. The summed E-state index contributed by atoms with van der Waals surface area (Å²) in [4.78, 5) is 10.3. The van der Waals surface area contributed by atoms with Crippen LogP contribution in [0, 0.1) is 0 Å². The van der Waals surface area contributed by atoms with Gasteiger partial charge in [0.25, 0.3) is 0 Å². The van der Waals surface area contributed by atoms with Gasteiger partial charge < -0.3 is 0 Å². The van der Waals surface area contributed by atoms with Crippen LogP contribution in [0.3, 0.4) is 0 Å². The van der Waals surface area contributed by atoms with Gasteiger partial charge in [-0.2, -0.15) is 9.61 Å². The van der Waals surface area contributed by atoms with E-state index in [0.29, 0.717) is 16.8 Å². The normalized spacial score (nSPS) is 11.6. The van der Waals surface area contributed by atoms with Crippen LogP contribution < -0.4 is 0 Å². The van der Waals surface area contributed by atoms with E-state index in [4.69, 9.17) is 11.6 Å². The minimum absolute atomic E-state index is 0.305. The van der Waals surface area contributed by atoms with E-state index in [-0.39, 0.29) is 0 Å². The fraction of sp³-hybridized carbons (Fsp3) is 0.200. The van der Waals surface area contributed by atoms with Crippen LogP contribution in [-0.2, 0) is 7.05 Å². The molecule has 0 amide bonds. The molecule has 23 heavy (non-hydrogen) atoms. The number of hydrogen-bond acceptors (Lipinski definition) is 5. The Morgan fingerprint density at radius 2 is 2.13 bits per heavy atom. The first-order valence-electron chi connectivity index (χ1n) is 7.14. The average molecular weight is 345 g/mol. The van der Waals surface area contributed by atoms with E-state index >= 15 is 0 Å². The third-order valence-electron chi connectivity index (χ3n) is 3.49. The highest BCUT2D eigenvalue weighted by atomic mass is 35.5. The largest absolute Gasteiger partial charge is 0.275 e. The first kappa shape index (κ1) is 14.5. The molecule has 6 nitrogen and oxygen atoms in total. The van der Waals surface area contributed by atoms with Gasteiger partial charge >= 0.3 is 0 Å². The number of halogens is 1. The Bertz CT molecular complexity index is 1020. The second kappa shape index (κ2) is 5.50. The van der Waals surface area contributed by atoms with Crippen molar-refractivity contribution in [3.8, 4) is 11.4 Å². The van der Waals surface area contributed by atoms with Gasteiger partial charge in [0.2, 0.25) is 5.28 Å². The first-order chi connectivity index (χ1) is 11.2. The lowest BCUT2D eigenvalue weighted by atomic mass is 10.2. The van der Waals surface area contributed by atoms with Crippen molar-refractivity contribution in [3.05, 3.63) is 35.9 Å². The predicted octanol–water partition coefficient (Wildman–Crippen LogP) is 3.44. The van der Waals surface area contributed by atoms with Crippen LogP contribution in [0.2, 0.25) is 5.28 Å². The zero-order valence-electron chi connectivity index (χ0n) is 12.6. The maximum absolute atomic E-state index is 6.33. The van der Waals surface area contributed by atoms with E-state index in [1.165, 1.54) is 0 Å².